The molecule has 1 amide bonds. The third-order valence-electron chi connectivity index (χ3n) is 2.71. The van der Waals surface area contributed by atoms with Crippen LogP contribution >= 0.6 is 11.3 Å². The van der Waals surface area contributed by atoms with Gasteiger partial charge in [-0.25, -0.2) is 0 Å². The molecule has 0 aliphatic heterocycles. The maximum Gasteiger partial charge on any atom is 0.266 e. The van der Waals surface area contributed by atoms with E-state index in [-0.39, 0.29) is 11.5 Å². The van der Waals surface area contributed by atoms with Gasteiger partial charge in [0.15, 0.2) is 0 Å². The molecule has 0 saturated heterocycles. The molecule has 0 aliphatic carbocycles. The van der Waals surface area contributed by atoms with Crippen molar-refractivity contribution in [2.24, 2.45) is 0 Å². The van der Waals surface area contributed by atoms with E-state index in [9.17, 15) is 4.79 Å². The topological polar surface area (TPSA) is 52.9 Å². The van der Waals surface area contributed by atoms with Crippen LogP contribution in [0.1, 0.15) is 16.7 Å². The molecule has 1 aromatic carbocycles. The number of benzene rings is 1. The van der Waals surface area contributed by atoms with Crippen LogP contribution in [0.5, 0.6) is 0 Å². The second-order valence-electron chi connectivity index (χ2n) is 4.15. The van der Waals surface area contributed by atoms with Crippen LogP contribution in [0.2, 0.25) is 0 Å². The fourth-order valence-electron chi connectivity index (χ4n) is 1.67. The molecule has 1 aromatic heterocycles. The average molecular weight is 282 g/mol. The zero-order chi connectivity index (χ0) is 14.4. The van der Waals surface area contributed by atoms with Crippen molar-refractivity contribution in [3.05, 3.63) is 57.8 Å². The van der Waals surface area contributed by atoms with Crippen LogP contribution in [0.4, 0.5) is 5.69 Å². The summed E-state index contributed by atoms with van der Waals surface area (Å²) in [6.45, 7) is 2.08. The molecule has 100 valence electrons. The summed E-state index contributed by atoms with van der Waals surface area (Å²) in [5.74, 6) is -0.384. The first-order valence-corrected chi connectivity index (χ1v) is 7.11. The maximum atomic E-state index is 12.0. The van der Waals surface area contributed by atoms with Crippen molar-refractivity contribution in [3.63, 3.8) is 0 Å². The highest BCUT2D eigenvalue weighted by Crippen LogP contribution is 2.20. The number of anilines is 1. The van der Waals surface area contributed by atoms with Gasteiger partial charge in [-0.3, -0.25) is 4.79 Å². The van der Waals surface area contributed by atoms with E-state index in [1.807, 2.05) is 36.4 Å². The third kappa shape index (κ3) is 3.56. The quantitative estimate of drug-likeness (QED) is 0.684. The zero-order valence-electron chi connectivity index (χ0n) is 11.1. The van der Waals surface area contributed by atoms with E-state index in [0.717, 1.165) is 11.3 Å². The summed E-state index contributed by atoms with van der Waals surface area (Å²) in [6, 6.07) is 15.0. The minimum atomic E-state index is -0.384. The van der Waals surface area contributed by atoms with E-state index in [4.69, 9.17) is 5.26 Å². The number of rotatable bonds is 4. The number of carbonyl (C=O) groups is 1. The fraction of sp³-hybridized carbons (Fsp3) is 0.125. The molecule has 2 rings (SSSR count). The van der Waals surface area contributed by atoms with Crippen molar-refractivity contribution in [2.75, 3.05) is 5.32 Å². The van der Waals surface area contributed by atoms with Gasteiger partial charge in [0.25, 0.3) is 5.91 Å². The van der Waals surface area contributed by atoms with Crippen LogP contribution in [0.15, 0.2) is 48.0 Å². The highest BCUT2D eigenvalue weighted by atomic mass is 32.1. The minimum Gasteiger partial charge on any atom is -0.321 e. The molecule has 4 heteroatoms. The first kappa shape index (κ1) is 14.0. The highest BCUT2D eigenvalue weighted by Gasteiger charge is 2.09. The Morgan fingerprint density at radius 3 is 2.65 bits per heavy atom. The van der Waals surface area contributed by atoms with E-state index in [2.05, 4.69) is 12.2 Å². The molecular weight excluding hydrogens is 268 g/mol. The number of carbonyl (C=O) groups excluding carboxylic acids is 1. The molecule has 20 heavy (non-hydrogen) atoms. The van der Waals surface area contributed by atoms with Crippen LogP contribution in [-0.4, -0.2) is 5.91 Å². The number of nitrogens with zero attached hydrogens (tertiary/aromatic N) is 1. The number of nitrogens with one attached hydrogen (secondary N) is 1. The number of thiophene rings is 1. The fourth-order valence-corrected chi connectivity index (χ4v) is 2.57. The van der Waals surface area contributed by atoms with Crippen molar-refractivity contribution in [3.8, 4) is 6.07 Å². The van der Waals surface area contributed by atoms with Crippen molar-refractivity contribution in [1.82, 2.24) is 0 Å². The van der Waals surface area contributed by atoms with Crippen LogP contribution < -0.4 is 5.32 Å². The standard InChI is InChI=1S/C16H14N2OS/c1-2-14-8-9-15(20-14)10-12(11-17)16(19)18-13-6-4-3-5-7-13/h3-10H,2H2,1H3,(H,18,19). The van der Waals surface area contributed by atoms with Gasteiger partial charge >= 0.3 is 0 Å². The van der Waals surface area contributed by atoms with Gasteiger partial charge in [0, 0.05) is 15.4 Å². The molecule has 0 radical (unpaired) electrons. The van der Waals surface area contributed by atoms with Crippen LogP contribution in [0.3, 0.4) is 0 Å². The minimum absolute atomic E-state index is 0.110. The summed E-state index contributed by atoms with van der Waals surface area (Å²) in [5, 5.41) is 11.8. The molecule has 0 atom stereocenters. The number of nitriles is 1. The molecule has 0 fully saturated rings. The Balaban J connectivity index is 2.15. The van der Waals surface area contributed by atoms with Gasteiger partial charge in [-0.05, 0) is 36.8 Å². The summed E-state index contributed by atoms with van der Waals surface area (Å²) in [6.07, 6.45) is 2.58. The molecule has 3 nitrogen and oxygen atoms in total. The van der Waals surface area contributed by atoms with Gasteiger partial charge in [-0.2, -0.15) is 5.26 Å². The molecule has 0 unspecified atom stereocenters. The number of hydrogen-bond donors (Lipinski definition) is 1. The molecule has 0 bridgehead atoms. The lowest BCUT2D eigenvalue weighted by molar-refractivity contribution is -0.112. The van der Waals surface area contributed by atoms with Crippen LogP contribution in [0.25, 0.3) is 6.08 Å². The molecule has 0 saturated carbocycles. The third-order valence-corrected chi connectivity index (χ3v) is 3.89. The molecule has 1 N–H and O–H groups in total. The largest absolute Gasteiger partial charge is 0.321 e. The second kappa shape index (κ2) is 6.69. The predicted molar refractivity (Wildman–Crippen MR) is 82.4 cm³/mol. The maximum absolute atomic E-state index is 12.0. The average Bonchev–Trinajstić information content (AvgIpc) is 2.93. The smallest absolute Gasteiger partial charge is 0.266 e. The van der Waals surface area contributed by atoms with E-state index in [0.29, 0.717) is 5.69 Å². The number of amides is 1. The van der Waals surface area contributed by atoms with Gasteiger partial charge in [0.1, 0.15) is 11.6 Å². The summed E-state index contributed by atoms with van der Waals surface area (Å²) in [7, 11) is 0. The number of aryl methyl sites for hydroxylation is 1. The van der Waals surface area contributed by atoms with Gasteiger partial charge in [-0.15, -0.1) is 11.3 Å². The molecule has 0 spiro atoms. The lowest BCUT2D eigenvalue weighted by atomic mass is 10.2. The predicted octanol–water partition coefficient (Wildman–Crippen LogP) is 3.86. The Bertz CT molecular complexity index is 665. The highest BCUT2D eigenvalue weighted by molar-refractivity contribution is 7.12. The molecule has 0 aliphatic rings. The lowest BCUT2D eigenvalue weighted by Crippen LogP contribution is -2.13. The SMILES string of the molecule is CCc1ccc(C=C(C#N)C(=O)Nc2ccccc2)s1. The van der Waals surface area contributed by atoms with Crippen LogP contribution in [0, 0.1) is 11.3 Å². The van der Waals surface area contributed by atoms with Crippen LogP contribution in [-0.2, 0) is 11.2 Å². The van der Waals surface area contributed by atoms with Gasteiger partial charge in [0.2, 0.25) is 0 Å². The molecule has 2 aromatic rings. The summed E-state index contributed by atoms with van der Waals surface area (Å²) >= 11 is 1.59. The van der Waals surface area contributed by atoms with Crippen molar-refractivity contribution < 1.29 is 4.79 Å². The first-order chi connectivity index (χ1) is 9.72. The van der Waals surface area contributed by atoms with E-state index < -0.39 is 0 Å². The summed E-state index contributed by atoms with van der Waals surface area (Å²) in [5.41, 5.74) is 0.789. The van der Waals surface area contributed by atoms with E-state index in [1.165, 1.54) is 4.88 Å². The Kier molecular flexibility index (Phi) is 4.70. The number of para-hydroxylation sites is 1. The summed E-state index contributed by atoms with van der Waals surface area (Å²) < 4.78 is 0. The summed E-state index contributed by atoms with van der Waals surface area (Å²) in [4.78, 5) is 14.2. The molecule has 1 heterocycles. The Morgan fingerprint density at radius 1 is 1.30 bits per heavy atom. The van der Waals surface area contributed by atoms with E-state index >= 15 is 0 Å². The Morgan fingerprint density at radius 2 is 2.05 bits per heavy atom. The number of hydrogen-bond acceptors (Lipinski definition) is 3. The Hall–Kier alpha value is -2.38. The second-order valence-corrected chi connectivity index (χ2v) is 5.35. The monoisotopic (exact) mass is 282 g/mol. The van der Waals surface area contributed by atoms with Gasteiger partial charge in [0.05, 0.1) is 0 Å². The molecular formula is C16H14N2OS. The zero-order valence-corrected chi connectivity index (χ0v) is 11.9. The first-order valence-electron chi connectivity index (χ1n) is 6.30. The van der Waals surface area contributed by atoms with Crippen molar-refractivity contribution >= 4 is 29.0 Å². The Labute approximate surface area is 122 Å². The van der Waals surface area contributed by atoms with Gasteiger partial charge in [-0.1, -0.05) is 25.1 Å². The van der Waals surface area contributed by atoms with E-state index in [1.54, 1.807) is 29.5 Å². The van der Waals surface area contributed by atoms with Crippen molar-refractivity contribution in [1.29, 1.82) is 5.26 Å². The lowest BCUT2D eigenvalue weighted by Gasteiger charge is -2.03. The van der Waals surface area contributed by atoms with Crippen molar-refractivity contribution in [2.45, 2.75) is 13.3 Å². The normalized spacial score (nSPS) is 10.9. The van der Waals surface area contributed by atoms with Gasteiger partial charge < -0.3 is 5.32 Å².